The first-order chi connectivity index (χ1) is 5.93. The summed E-state index contributed by atoms with van der Waals surface area (Å²) in [5.74, 6) is 0. The standard InChI is InChI=1S/C10H16N2/c1-2-7-11-9-6-10-5-3-4-8-12-10/h3-5,8,11H,2,6-7,9H2,1H3. The Labute approximate surface area is 74.0 Å². The van der Waals surface area contributed by atoms with Crippen LogP contribution in [0.5, 0.6) is 0 Å². The molecule has 2 nitrogen and oxygen atoms in total. The summed E-state index contributed by atoms with van der Waals surface area (Å²) in [6.45, 7) is 4.31. The lowest BCUT2D eigenvalue weighted by atomic mass is 10.3. The summed E-state index contributed by atoms with van der Waals surface area (Å²) in [5.41, 5.74) is 1.17. The molecule has 1 rings (SSSR count). The third-order valence-electron chi connectivity index (χ3n) is 1.71. The fraction of sp³-hybridized carbons (Fsp3) is 0.500. The summed E-state index contributed by atoms with van der Waals surface area (Å²) in [7, 11) is 0. The first-order valence-electron chi connectivity index (χ1n) is 4.54. The van der Waals surface area contributed by atoms with Crippen LogP contribution in [0.4, 0.5) is 0 Å². The van der Waals surface area contributed by atoms with E-state index in [0.717, 1.165) is 19.5 Å². The Hall–Kier alpha value is -0.890. The van der Waals surface area contributed by atoms with Gasteiger partial charge in [-0.3, -0.25) is 4.98 Å². The predicted molar refractivity (Wildman–Crippen MR) is 51.1 cm³/mol. The van der Waals surface area contributed by atoms with E-state index in [1.54, 1.807) is 0 Å². The molecule has 0 aliphatic rings. The molecule has 0 spiro atoms. The van der Waals surface area contributed by atoms with Gasteiger partial charge in [0.15, 0.2) is 0 Å². The second-order valence-corrected chi connectivity index (χ2v) is 2.82. The van der Waals surface area contributed by atoms with E-state index in [4.69, 9.17) is 0 Å². The summed E-state index contributed by atoms with van der Waals surface area (Å²) in [4.78, 5) is 4.24. The molecule has 0 saturated heterocycles. The van der Waals surface area contributed by atoms with Gasteiger partial charge in [0.05, 0.1) is 0 Å². The molecule has 2 heteroatoms. The van der Waals surface area contributed by atoms with Gasteiger partial charge in [-0.15, -0.1) is 0 Å². The topological polar surface area (TPSA) is 24.9 Å². The molecule has 0 saturated carbocycles. The SMILES string of the molecule is CCCNCCc1ccccn1. The zero-order valence-electron chi connectivity index (χ0n) is 7.59. The molecule has 0 unspecified atom stereocenters. The molecule has 0 atom stereocenters. The van der Waals surface area contributed by atoms with Gasteiger partial charge in [0.1, 0.15) is 0 Å². The van der Waals surface area contributed by atoms with Crippen molar-refractivity contribution in [1.29, 1.82) is 0 Å². The second-order valence-electron chi connectivity index (χ2n) is 2.82. The van der Waals surface area contributed by atoms with Crippen molar-refractivity contribution in [3.63, 3.8) is 0 Å². The Balaban J connectivity index is 2.16. The zero-order valence-corrected chi connectivity index (χ0v) is 7.59. The molecule has 0 aliphatic carbocycles. The van der Waals surface area contributed by atoms with Crippen LogP contribution in [0.2, 0.25) is 0 Å². The number of nitrogens with zero attached hydrogens (tertiary/aromatic N) is 1. The highest BCUT2D eigenvalue weighted by Crippen LogP contribution is 1.92. The van der Waals surface area contributed by atoms with Gasteiger partial charge >= 0.3 is 0 Å². The minimum absolute atomic E-state index is 1.03. The van der Waals surface area contributed by atoms with Gasteiger partial charge in [-0.2, -0.15) is 0 Å². The van der Waals surface area contributed by atoms with E-state index in [0.29, 0.717) is 0 Å². The molecular weight excluding hydrogens is 148 g/mol. The highest BCUT2D eigenvalue weighted by molar-refractivity contribution is 5.03. The van der Waals surface area contributed by atoms with Crippen LogP contribution >= 0.6 is 0 Å². The van der Waals surface area contributed by atoms with E-state index >= 15 is 0 Å². The minimum atomic E-state index is 1.03. The lowest BCUT2D eigenvalue weighted by molar-refractivity contribution is 0.666. The van der Waals surface area contributed by atoms with Crippen molar-refractivity contribution in [2.75, 3.05) is 13.1 Å². The van der Waals surface area contributed by atoms with E-state index in [2.05, 4.69) is 23.3 Å². The normalized spacial score (nSPS) is 10.1. The highest BCUT2D eigenvalue weighted by Gasteiger charge is 1.90. The zero-order chi connectivity index (χ0) is 8.65. The van der Waals surface area contributed by atoms with Gasteiger partial charge in [-0.1, -0.05) is 13.0 Å². The monoisotopic (exact) mass is 164 g/mol. The van der Waals surface area contributed by atoms with Crippen molar-refractivity contribution in [2.45, 2.75) is 19.8 Å². The molecule has 66 valence electrons. The van der Waals surface area contributed by atoms with E-state index in [-0.39, 0.29) is 0 Å². The van der Waals surface area contributed by atoms with Crippen LogP contribution in [0.3, 0.4) is 0 Å². The fourth-order valence-corrected chi connectivity index (χ4v) is 1.06. The van der Waals surface area contributed by atoms with Crippen molar-refractivity contribution < 1.29 is 0 Å². The molecule has 0 fully saturated rings. The number of pyridine rings is 1. The van der Waals surface area contributed by atoms with Crippen molar-refractivity contribution >= 4 is 0 Å². The van der Waals surface area contributed by atoms with E-state index in [9.17, 15) is 0 Å². The minimum Gasteiger partial charge on any atom is -0.316 e. The number of hydrogen-bond donors (Lipinski definition) is 1. The van der Waals surface area contributed by atoms with Crippen LogP contribution in [0, 0.1) is 0 Å². The van der Waals surface area contributed by atoms with Crippen molar-refractivity contribution in [3.05, 3.63) is 30.1 Å². The average molecular weight is 164 g/mol. The number of rotatable bonds is 5. The summed E-state index contributed by atoms with van der Waals surface area (Å²) >= 11 is 0. The van der Waals surface area contributed by atoms with Gasteiger partial charge in [0.25, 0.3) is 0 Å². The lowest BCUT2D eigenvalue weighted by Crippen LogP contribution is -2.18. The Kier molecular flexibility index (Phi) is 4.39. The van der Waals surface area contributed by atoms with E-state index in [1.807, 2.05) is 18.3 Å². The summed E-state index contributed by atoms with van der Waals surface area (Å²) in [6, 6.07) is 6.04. The number of aromatic nitrogens is 1. The molecule has 1 N–H and O–H groups in total. The average Bonchev–Trinajstić information content (AvgIpc) is 2.14. The summed E-state index contributed by atoms with van der Waals surface area (Å²) in [5, 5.41) is 3.34. The van der Waals surface area contributed by atoms with Gasteiger partial charge < -0.3 is 5.32 Å². The molecule has 1 heterocycles. The Morgan fingerprint density at radius 2 is 2.25 bits per heavy atom. The molecule has 0 aliphatic heterocycles. The number of hydrogen-bond acceptors (Lipinski definition) is 2. The molecule has 1 aromatic rings. The van der Waals surface area contributed by atoms with Crippen LogP contribution in [-0.2, 0) is 6.42 Å². The van der Waals surface area contributed by atoms with Crippen LogP contribution in [0.25, 0.3) is 0 Å². The first kappa shape index (κ1) is 9.20. The fourth-order valence-electron chi connectivity index (χ4n) is 1.06. The largest absolute Gasteiger partial charge is 0.316 e. The quantitative estimate of drug-likeness (QED) is 0.669. The maximum absolute atomic E-state index is 4.24. The molecule has 0 aromatic carbocycles. The maximum atomic E-state index is 4.24. The van der Waals surface area contributed by atoms with Gasteiger partial charge in [0, 0.05) is 24.9 Å². The van der Waals surface area contributed by atoms with Crippen molar-refractivity contribution in [2.24, 2.45) is 0 Å². The second kappa shape index (κ2) is 5.72. The Morgan fingerprint density at radius 1 is 1.33 bits per heavy atom. The van der Waals surface area contributed by atoms with Crippen LogP contribution in [-0.4, -0.2) is 18.1 Å². The predicted octanol–water partition coefficient (Wildman–Crippen LogP) is 1.62. The van der Waals surface area contributed by atoms with Crippen LogP contribution in [0.1, 0.15) is 19.0 Å². The van der Waals surface area contributed by atoms with E-state index < -0.39 is 0 Å². The third kappa shape index (κ3) is 3.49. The van der Waals surface area contributed by atoms with Crippen molar-refractivity contribution in [1.82, 2.24) is 10.3 Å². The highest BCUT2D eigenvalue weighted by atomic mass is 14.8. The summed E-state index contributed by atoms with van der Waals surface area (Å²) in [6.07, 6.45) is 4.07. The summed E-state index contributed by atoms with van der Waals surface area (Å²) < 4.78 is 0. The molecule has 0 bridgehead atoms. The van der Waals surface area contributed by atoms with Crippen LogP contribution < -0.4 is 5.32 Å². The molecule has 1 aromatic heterocycles. The Bertz CT molecular complexity index is 196. The van der Waals surface area contributed by atoms with Gasteiger partial charge in [-0.05, 0) is 25.1 Å². The first-order valence-corrected chi connectivity index (χ1v) is 4.54. The molecular formula is C10H16N2. The molecule has 12 heavy (non-hydrogen) atoms. The lowest BCUT2D eigenvalue weighted by Gasteiger charge is -2.01. The van der Waals surface area contributed by atoms with Crippen molar-refractivity contribution in [3.8, 4) is 0 Å². The van der Waals surface area contributed by atoms with Gasteiger partial charge in [0.2, 0.25) is 0 Å². The number of nitrogens with one attached hydrogen (secondary N) is 1. The smallest absolute Gasteiger partial charge is 0.0416 e. The third-order valence-corrected chi connectivity index (χ3v) is 1.71. The Morgan fingerprint density at radius 3 is 2.92 bits per heavy atom. The van der Waals surface area contributed by atoms with Gasteiger partial charge in [-0.25, -0.2) is 0 Å². The van der Waals surface area contributed by atoms with Crippen LogP contribution in [0.15, 0.2) is 24.4 Å². The molecule has 0 radical (unpaired) electrons. The van der Waals surface area contributed by atoms with E-state index in [1.165, 1.54) is 12.1 Å². The molecule has 0 amide bonds. The maximum Gasteiger partial charge on any atom is 0.0416 e.